The molecule has 112 valence electrons. The van der Waals surface area contributed by atoms with Crippen molar-refractivity contribution in [1.82, 2.24) is 5.32 Å². The van der Waals surface area contributed by atoms with Gasteiger partial charge in [0.15, 0.2) is 0 Å². The summed E-state index contributed by atoms with van der Waals surface area (Å²) >= 11 is 0. The first kappa shape index (κ1) is 14.1. The predicted octanol–water partition coefficient (Wildman–Crippen LogP) is 2.81. The molecule has 2 fully saturated rings. The molecule has 0 aliphatic heterocycles. The topological polar surface area (TPSA) is 58.2 Å². The van der Waals surface area contributed by atoms with E-state index in [1.165, 1.54) is 25.7 Å². The summed E-state index contributed by atoms with van der Waals surface area (Å²) in [5.74, 6) is 2.21. The maximum atomic E-state index is 12.1. The monoisotopic (exact) mass is 286 g/mol. The van der Waals surface area contributed by atoms with Crippen molar-refractivity contribution >= 4 is 17.5 Å². The summed E-state index contributed by atoms with van der Waals surface area (Å²) in [5, 5.41) is 5.52. The smallest absolute Gasteiger partial charge is 0.251 e. The number of nitrogens with one attached hydrogen (secondary N) is 2. The van der Waals surface area contributed by atoms with E-state index in [0.29, 0.717) is 17.9 Å². The summed E-state index contributed by atoms with van der Waals surface area (Å²) in [6.45, 7) is 0. The lowest BCUT2D eigenvalue weighted by Crippen LogP contribution is -2.20. The first-order chi connectivity index (χ1) is 10.2. The number of carbonyl (C=O) groups excluding carboxylic acids is 2. The second-order valence-corrected chi connectivity index (χ2v) is 6.34. The van der Waals surface area contributed by atoms with Gasteiger partial charge < -0.3 is 10.6 Å². The largest absolute Gasteiger partial charge is 0.355 e. The van der Waals surface area contributed by atoms with E-state index in [-0.39, 0.29) is 11.8 Å². The number of rotatable bonds is 4. The van der Waals surface area contributed by atoms with Crippen LogP contribution in [0.1, 0.15) is 42.5 Å². The van der Waals surface area contributed by atoms with Crippen LogP contribution in [0.15, 0.2) is 24.3 Å². The number of anilines is 1. The summed E-state index contributed by atoms with van der Waals surface area (Å²) in [5.41, 5.74) is 1.36. The molecule has 0 heterocycles. The van der Waals surface area contributed by atoms with Crippen molar-refractivity contribution in [1.29, 1.82) is 0 Å². The van der Waals surface area contributed by atoms with Crippen LogP contribution in [0.2, 0.25) is 0 Å². The van der Waals surface area contributed by atoms with Crippen LogP contribution in [0.4, 0.5) is 5.69 Å². The van der Waals surface area contributed by atoms with Crippen LogP contribution < -0.4 is 10.6 Å². The fourth-order valence-electron chi connectivity index (χ4n) is 3.93. The second-order valence-electron chi connectivity index (χ2n) is 6.34. The standard InChI is InChI=1S/C17H22N2O2/c1-18-17(21)12-4-6-15(7-5-12)19-16(20)10-14-9-11-2-3-13(14)8-11/h4-7,11,13-14H,2-3,8-10H2,1H3,(H,18,21)(H,19,20)/t11-,13+,14+/m0/s1. The Morgan fingerprint density at radius 2 is 1.90 bits per heavy atom. The molecule has 4 heteroatoms. The molecular formula is C17H22N2O2. The van der Waals surface area contributed by atoms with E-state index in [0.717, 1.165) is 17.5 Å². The van der Waals surface area contributed by atoms with E-state index < -0.39 is 0 Å². The zero-order valence-electron chi connectivity index (χ0n) is 12.4. The average molecular weight is 286 g/mol. The number of carbonyl (C=O) groups is 2. The van der Waals surface area contributed by atoms with Crippen molar-refractivity contribution in [3.63, 3.8) is 0 Å². The number of amides is 2. The van der Waals surface area contributed by atoms with Crippen molar-refractivity contribution in [2.75, 3.05) is 12.4 Å². The fraction of sp³-hybridized carbons (Fsp3) is 0.529. The van der Waals surface area contributed by atoms with E-state index in [2.05, 4.69) is 10.6 Å². The number of fused-ring (bicyclic) bond motifs is 2. The average Bonchev–Trinajstić information content (AvgIpc) is 3.09. The van der Waals surface area contributed by atoms with Crippen LogP contribution in [0, 0.1) is 17.8 Å². The number of hydrogen-bond acceptors (Lipinski definition) is 2. The molecule has 3 rings (SSSR count). The highest BCUT2D eigenvalue weighted by atomic mass is 16.2. The highest BCUT2D eigenvalue weighted by molar-refractivity contribution is 5.95. The van der Waals surface area contributed by atoms with Gasteiger partial charge in [0, 0.05) is 24.7 Å². The molecule has 0 radical (unpaired) electrons. The Hall–Kier alpha value is -1.84. The van der Waals surface area contributed by atoms with E-state index in [1.807, 2.05) is 0 Å². The lowest BCUT2D eigenvalue weighted by Gasteiger charge is -2.20. The van der Waals surface area contributed by atoms with Crippen LogP contribution in [0.5, 0.6) is 0 Å². The molecule has 2 saturated carbocycles. The highest BCUT2D eigenvalue weighted by Gasteiger charge is 2.40. The molecule has 2 aliphatic rings. The van der Waals surface area contributed by atoms with Crippen molar-refractivity contribution in [2.24, 2.45) is 17.8 Å². The Bertz CT molecular complexity index is 538. The maximum Gasteiger partial charge on any atom is 0.251 e. The van der Waals surface area contributed by atoms with Crippen molar-refractivity contribution < 1.29 is 9.59 Å². The van der Waals surface area contributed by atoms with Crippen LogP contribution in [0.3, 0.4) is 0 Å². The van der Waals surface area contributed by atoms with Gasteiger partial charge in [0.25, 0.3) is 5.91 Å². The van der Waals surface area contributed by atoms with Gasteiger partial charge in [0.05, 0.1) is 0 Å². The third kappa shape index (κ3) is 3.09. The third-order valence-electron chi connectivity index (χ3n) is 4.99. The molecular weight excluding hydrogens is 264 g/mol. The number of benzene rings is 1. The minimum atomic E-state index is -0.116. The number of hydrogen-bond donors (Lipinski definition) is 2. The second kappa shape index (κ2) is 5.88. The summed E-state index contributed by atoms with van der Waals surface area (Å²) in [4.78, 5) is 23.6. The molecule has 2 N–H and O–H groups in total. The van der Waals surface area contributed by atoms with E-state index in [9.17, 15) is 9.59 Å². The molecule has 2 amide bonds. The predicted molar refractivity (Wildman–Crippen MR) is 82.0 cm³/mol. The van der Waals surface area contributed by atoms with Crippen LogP contribution in [-0.4, -0.2) is 18.9 Å². The molecule has 2 aliphatic carbocycles. The van der Waals surface area contributed by atoms with Gasteiger partial charge in [-0.15, -0.1) is 0 Å². The van der Waals surface area contributed by atoms with Gasteiger partial charge in [-0.2, -0.15) is 0 Å². The molecule has 4 nitrogen and oxygen atoms in total. The summed E-state index contributed by atoms with van der Waals surface area (Å²) in [6.07, 6.45) is 5.87. The first-order valence-electron chi connectivity index (χ1n) is 7.77. The van der Waals surface area contributed by atoms with E-state index in [1.54, 1.807) is 31.3 Å². The van der Waals surface area contributed by atoms with Crippen molar-refractivity contribution in [2.45, 2.75) is 32.1 Å². The molecule has 0 spiro atoms. The van der Waals surface area contributed by atoms with Crippen LogP contribution in [-0.2, 0) is 4.79 Å². The molecule has 21 heavy (non-hydrogen) atoms. The molecule has 3 atom stereocenters. The van der Waals surface area contributed by atoms with Gasteiger partial charge >= 0.3 is 0 Å². The van der Waals surface area contributed by atoms with Crippen molar-refractivity contribution in [3.05, 3.63) is 29.8 Å². The molecule has 2 bridgehead atoms. The summed E-state index contributed by atoms with van der Waals surface area (Å²) in [6, 6.07) is 7.02. The Morgan fingerprint density at radius 3 is 2.48 bits per heavy atom. The summed E-state index contributed by atoms with van der Waals surface area (Å²) in [7, 11) is 1.60. The normalized spacial score (nSPS) is 26.6. The van der Waals surface area contributed by atoms with Gasteiger partial charge in [-0.1, -0.05) is 6.42 Å². The third-order valence-corrected chi connectivity index (χ3v) is 4.99. The first-order valence-corrected chi connectivity index (χ1v) is 7.77. The van der Waals surface area contributed by atoms with Gasteiger partial charge in [-0.05, 0) is 61.3 Å². The zero-order valence-corrected chi connectivity index (χ0v) is 12.4. The Morgan fingerprint density at radius 1 is 1.14 bits per heavy atom. The Balaban J connectivity index is 1.54. The molecule has 1 aromatic carbocycles. The van der Waals surface area contributed by atoms with Gasteiger partial charge in [-0.3, -0.25) is 9.59 Å². The van der Waals surface area contributed by atoms with E-state index >= 15 is 0 Å². The van der Waals surface area contributed by atoms with E-state index in [4.69, 9.17) is 0 Å². The quantitative estimate of drug-likeness (QED) is 0.894. The SMILES string of the molecule is CNC(=O)c1ccc(NC(=O)C[C@H]2C[C@H]3CC[C@@H]2C3)cc1. The lowest BCUT2D eigenvalue weighted by atomic mass is 9.86. The maximum absolute atomic E-state index is 12.1. The minimum Gasteiger partial charge on any atom is -0.355 e. The highest BCUT2D eigenvalue weighted by Crippen LogP contribution is 2.49. The zero-order chi connectivity index (χ0) is 14.8. The van der Waals surface area contributed by atoms with Crippen molar-refractivity contribution in [3.8, 4) is 0 Å². The van der Waals surface area contributed by atoms with Gasteiger partial charge in [0.1, 0.15) is 0 Å². The lowest BCUT2D eigenvalue weighted by molar-refractivity contribution is -0.117. The van der Waals surface area contributed by atoms with Gasteiger partial charge in [0.2, 0.25) is 5.91 Å². The molecule has 0 unspecified atom stereocenters. The van der Waals surface area contributed by atoms with Crippen LogP contribution in [0.25, 0.3) is 0 Å². The Labute approximate surface area is 125 Å². The molecule has 1 aromatic rings. The summed E-state index contributed by atoms with van der Waals surface area (Å²) < 4.78 is 0. The van der Waals surface area contributed by atoms with Crippen LogP contribution >= 0.6 is 0 Å². The molecule has 0 saturated heterocycles. The minimum absolute atomic E-state index is 0.0974. The van der Waals surface area contributed by atoms with Gasteiger partial charge in [-0.25, -0.2) is 0 Å². The Kier molecular flexibility index (Phi) is 3.95. The fourth-order valence-corrected chi connectivity index (χ4v) is 3.93. The molecule has 0 aromatic heterocycles.